The summed E-state index contributed by atoms with van der Waals surface area (Å²) in [6.07, 6.45) is 0. The van der Waals surface area contributed by atoms with Crippen molar-refractivity contribution in [2.45, 2.75) is 13.2 Å². The number of hydrogen-bond donors (Lipinski definition) is 0. The monoisotopic (exact) mass is 406 g/mol. The van der Waals surface area contributed by atoms with Crippen LogP contribution in [0.1, 0.15) is 16.2 Å². The van der Waals surface area contributed by atoms with Crippen LogP contribution in [0.4, 0.5) is 8.78 Å². The Labute approximate surface area is 164 Å². The maximum absolute atomic E-state index is 12.1. The molecule has 3 aromatic rings. The van der Waals surface area contributed by atoms with E-state index in [0.717, 1.165) is 0 Å². The lowest BCUT2D eigenvalue weighted by atomic mass is 10.2. The molecule has 0 radical (unpaired) electrons. The van der Waals surface area contributed by atoms with Crippen molar-refractivity contribution in [1.82, 2.24) is 10.1 Å². The highest BCUT2D eigenvalue weighted by Gasteiger charge is 2.16. The van der Waals surface area contributed by atoms with E-state index < -0.39 is 12.6 Å². The average Bonchev–Trinajstić information content (AvgIpc) is 3.20. The van der Waals surface area contributed by atoms with Gasteiger partial charge in [-0.1, -0.05) is 5.16 Å². The molecule has 29 heavy (non-hydrogen) atoms. The Balaban J connectivity index is 1.64. The maximum atomic E-state index is 12.1. The van der Waals surface area contributed by atoms with Crippen molar-refractivity contribution < 1.29 is 37.0 Å². The van der Waals surface area contributed by atoms with Crippen molar-refractivity contribution in [2.75, 3.05) is 14.2 Å². The first-order valence-corrected chi connectivity index (χ1v) is 8.27. The molecule has 10 heteroatoms. The van der Waals surface area contributed by atoms with Gasteiger partial charge in [0.2, 0.25) is 5.82 Å². The second kappa shape index (κ2) is 9.00. The van der Waals surface area contributed by atoms with E-state index in [-0.39, 0.29) is 29.6 Å². The fraction of sp³-hybridized carbons (Fsp3) is 0.211. The Morgan fingerprint density at radius 3 is 2.45 bits per heavy atom. The zero-order valence-corrected chi connectivity index (χ0v) is 15.4. The van der Waals surface area contributed by atoms with E-state index in [0.29, 0.717) is 17.1 Å². The fourth-order valence-corrected chi connectivity index (χ4v) is 2.39. The molecule has 0 aliphatic carbocycles. The summed E-state index contributed by atoms with van der Waals surface area (Å²) in [4.78, 5) is 16.2. The van der Waals surface area contributed by atoms with Crippen molar-refractivity contribution in [3.05, 3.63) is 53.9 Å². The van der Waals surface area contributed by atoms with Gasteiger partial charge in [-0.3, -0.25) is 0 Å². The van der Waals surface area contributed by atoms with Crippen LogP contribution < -0.4 is 14.2 Å². The van der Waals surface area contributed by atoms with Crippen LogP contribution in [0, 0.1) is 0 Å². The molecule has 0 fully saturated rings. The zero-order chi connectivity index (χ0) is 20.8. The van der Waals surface area contributed by atoms with E-state index in [4.69, 9.17) is 18.7 Å². The Morgan fingerprint density at radius 2 is 1.79 bits per heavy atom. The van der Waals surface area contributed by atoms with Gasteiger partial charge in [0.25, 0.3) is 5.89 Å². The first-order chi connectivity index (χ1) is 14.0. The number of benzene rings is 2. The SMILES string of the molecule is COc1ccc(-c2noc(COC(=O)c3ccc(OC(F)F)cc3)n2)c(OC)c1. The number of ether oxygens (including phenoxy) is 4. The summed E-state index contributed by atoms with van der Waals surface area (Å²) in [5.41, 5.74) is 0.729. The Hall–Kier alpha value is -3.69. The molecule has 3 rings (SSSR count). The van der Waals surface area contributed by atoms with Crippen molar-refractivity contribution >= 4 is 5.97 Å². The Bertz CT molecular complexity index is 975. The number of rotatable bonds is 8. The van der Waals surface area contributed by atoms with Crippen LogP contribution in [0.2, 0.25) is 0 Å². The number of carbonyl (C=O) groups excluding carboxylic acids is 1. The highest BCUT2D eigenvalue weighted by Crippen LogP contribution is 2.31. The highest BCUT2D eigenvalue weighted by molar-refractivity contribution is 5.89. The lowest BCUT2D eigenvalue weighted by Gasteiger charge is -2.07. The van der Waals surface area contributed by atoms with Gasteiger partial charge in [-0.05, 0) is 36.4 Å². The van der Waals surface area contributed by atoms with Gasteiger partial charge in [0.15, 0.2) is 6.61 Å². The third-order valence-corrected chi connectivity index (χ3v) is 3.76. The summed E-state index contributed by atoms with van der Waals surface area (Å²) in [7, 11) is 3.04. The van der Waals surface area contributed by atoms with Gasteiger partial charge >= 0.3 is 12.6 Å². The number of alkyl halides is 2. The maximum Gasteiger partial charge on any atom is 0.387 e. The fourth-order valence-electron chi connectivity index (χ4n) is 2.39. The first kappa shape index (κ1) is 20.1. The molecule has 0 aliphatic rings. The molecular formula is C19H16F2N2O6. The molecule has 1 heterocycles. The van der Waals surface area contributed by atoms with Gasteiger partial charge in [0, 0.05) is 6.07 Å². The van der Waals surface area contributed by atoms with E-state index >= 15 is 0 Å². The second-order valence-electron chi connectivity index (χ2n) is 5.56. The van der Waals surface area contributed by atoms with Crippen molar-refractivity contribution in [3.8, 4) is 28.6 Å². The van der Waals surface area contributed by atoms with Gasteiger partial charge < -0.3 is 23.5 Å². The van der Waals surface area contributed by atoms with Gasteiger partial charge in [0.05, 0.1) is 25.3 Å². The number of carbonyl (C=O) groups is 1. The molecule has 0 unspecified atom stereocenters. The molecule has 0 saturated carbocycles. The number of methoxy groups -OCH3 is 2. The van der Waals surface area contributed by atoms with E-state index in [2.05, 4.69) is 14.9 Å². The Morgan fingerprint density at radius 1 is 1.07 bits per heavy atom. The molecule has 0 saturated heterocycles. The molecule has 152 valence electrons. The number of nitrogens with zero attached hydrogens (tertiary/aromatic N) is 2. The summed E-state index contributed by atoms with van der Waals surface area (Å²) < 4.78 is 49.1. The molecular weight excluding hydrogens is 390 g/mol. The highest BCUT2D eigenvalue weighted by atomic mass is 19.3. The van der Waals surface area contributed by atoms with Crippen LogP contribution in [-0.4, -0.2) is 36.9 Å². The summed E-state index contributed by atoms with van der Waals surface area (Å²) in [5, 5.41) is 3.85. The quantitative estimate of drug-likeness (QED) is 0.523. The molecule has 2 aromatic carbocycles. The van der Waals surface area contributed by atoms with Crippen LogP contribution in [0.15, 0.2) is 47.0 Å². The van der Waals surface area contributed by atoms with Gasteiger partial charge in [-0.2, -0.15) is 13.8 Å². The lowest BCUT2D eigenvalue weighted by Crippen LogP contribution is -2.06. The predicted octanol–water partition coefficient (Wildman–Crippen LogP) is 3.71. The minimum atomic E-state index is -2.94. The van der Waals surface area contributed by atoms with Crippen molar-refractivity contribution in [1.29, 1.82) is 0 Å². The van der Waals surface area contributed by atoms with E-state index in [1.165, 1.54) is 38.5 Å². The molecule has 0 atom stereocenters. The molecule has 0 aliphatic heterocycles. The zero-order valence-electron chi connectivity index (χ0n) is 15.4. The summed E-state index contributed by atoms with van der Waals surface area (Å²) in [5.74, 6) is 0.669. The minimum absolute atomic E-state index is 0.0634. The first-order valence-electron chi connectivity index (χ1n) is 8.27. The normalized spacial score (nSPS) is 10.7. The third kappa shape index (κ3) is 4.98. The standard InChI is InChI=1S/C19H16F2N2O6/c1-25-13-7-8-14(15(9-13)26-2)17-22-16(29-23-17)10-27-18(24)11-3-5-12(6-4-11)28-19(20)21/h3-9,19H,10H2,1-2H3. The van der Waals surface area contributed by atoms with Crippen LogP contribution in [0.25, 0.3) is 11.4 Å². The van der Waals surface area contributed by atoms with Crippen molar-refractivity contribution in [3.63, 3.8) is 0 Å². The molecule has 0 spiro atoms. The number of aromatic nitrogens is 2. The minimum Gasteiger partial charge on any atom is -0.497 e. The van der Waals surface area contributed by atoms with Gasteiger partial charge in [0.1, 0.15) is 17.2 Å². The van der Waals surface area contributed by atoms with Crippen LogP contribution >= 0.6 is 0 Å². The number of esters is 1. The summed E-state index contributed by atoms with van der Waals surface area (Å²) in [6, 6.07) is 10.2. The van der Waals surface area contributed by atoms with E-state index in [9.17, 15) is 13.6 Å². The molecule has 1 aromatic heterocycles. The average molecular weight is 406 g/mol. The van der Waals surface area contributed by atoms with Crippen LogP contribution in [0.3, 0.4) is 0 Å². The smallest absolute Gasteiger partial charge is 0.387 e. The largest absolute Gasteiger partial charge is 0.497 e. The number of hydrogen-bond acceptors (Lipinski definition) is 8. The van der Waals surface area contributed by atoms with Crippen LogP contribution in [-0.2, 0) is 11.3 Å². The predicted molar refractivity (Wildman–Crippen MR) is 95.0 cm³/mol. The van der Waals surface area contributed by atoms with Gasteiger partial charge in [-0.15, -0.1) is 0 Å². The van der Waals surface area contributed by atoms with Crippen LogP contribution in [0.5, 0.6) is 17.2 Å². The van der Waals surface area contributed by atoms with E-state index in [1.807, 2.05) is 0 Å². The van der Waals surface area contributed by atoms with E-state index in [1.54, 1.807) is 18.2 Å². The summed E-state index contributed by atoms with van der Waals surface area (Å²) >= 11 is 0. The second-order valence-corrected chi connectivity index (χ2v) is 5.56. The Kier molecular flexibility index (Phi) is 6.22. The molecule has 8 nitrogen and oxygen atoms in total. The summed E-state index contributed by atoms with van der Waals surface area (Å²) in [6.45, 7) is -3.21. The molecule has 0 amide bonds. The topological polar surface area (TPSA) is 92.9 Å². The van der Waals surface area contributed by atoms with Gasteiger partial charge in [-0.25, -0.2) is 4.79 Å². The molecule has 0 N–H and O–H groups in total. The third-order valence-electron chi connectivity index (χ3n) is 3.76. The number of halogens is 2. The van der Waals surface area contributed by atoms with Crippen molar-refractivity contribution in [2.24, 2.45) is 0 Å². The molecule has 0 bridgehead atoms. The lowest BCUT2D eigenvalue weighted by molar-refractivity contribution is -0.0498.